The number of ether oxygens (including phenoxy) is 1. The standard InChI is InChI=1S/C15H20N4O2.ClH/c1-10-14(17-15(20)13(16)9-21-3)11(2)19(18-10)12-7-5-4-6-8-12;/h4-8,13H,9,16H2,1-3H3,(H,17,20);1H. The number of hydrogen-bond acceptors (Lipinski definition) is 4. The van der Waals surface area contributed by atoms with E-state index in [0.717, 1.165) is 17.1 Å². The van der Waals surface area contributed by atoms with E-state index in [-0.39, 0.29) is 24.9 Å². The summed E-state index contributed by atoms with van der Waals surface area (Å²) < 4.78 is 6.69. The van der Waals surface area contributed by atoms with Crippen molar-refractivity contribution < 1.29 is 9.53 Å². The lowest BCUT2D eigenvalue weighted by atomic mass is 10.2. The summed E-state index contributed by atoms with van der Waals surface area (Å²) in [4.78, 5) is 12.0. The molecule has 0 saturated heterocycles. The van der Waals surface area contributed by atoms with Crippen LogP contribution < -0.4 is 11.1 Å². The summed E-state index contributed by atoms with van der Waals surface area (Å²) in [6, 6.07) is 9.05. The zero-order chi connectivity index (χ0) is 15.4. The second-order valence-electron chi connectivity index (χ2n) is 4.84. The van der Waals surface area contributed by atoms with Crippen LogP contribution in [0, 0.1) is 13.8 Å². The van der Waals surface area contributed by atoms with Gasteiger partial charge in [0.15, 0.2) is 0 Å². The molecule has 1 atom stereocenters. The number of para-hydroxylation sites is 1. The van der Waals surface area contributed by atoms with E-state index in [1.807, 2.05) is 44.2 Å². The molecule has 22 heavy (non-hydrogen) atoms. The number of benzene rings is 1. The van der Waals surface area contributed by atoms with Crippen LogP contribution in [0.4, 0.5) is 5.69 Å². The molecule has 7 heteroatoms. The smallest absolute Gasteiger partial charge is 0.243 e. The number of nitrogens with two attached hydrogens (primary N) is 1. The number of nitrogens with zero attached hydrogens (tertiary/aromatic N) is 2. The SMILES string of the molecule is COCC(N)C(=O)Nc1c(C)nn(-c2ccccc2)c1C.Cl. The number of nitrogens with one attached hydrogen (secondary N) is 1. The number of rotatable bonds is 5. The lowest BCUT2D eigenvalue weighted by molar-refractivity contribution is -0.118. The first kappa shape index (κ1) is 18.2. The summed E-state index contributed by atoms with van der Waals surface area (Å²) in [5.41, 5.74) is 8.97. The zero-order valence-corrected chi connectivity index (χ0v) is 13.7. The molecule has 0 saturated carbocycles. The van der Waals surface area contributed by atoms with E-state index in [9.17, 15) is 4.79 Å². The Kier molecular flexibility index (Phi) is 6.55. The predicted molar refractivity (Wildman–Crippen MR) is 88.8 cm³/mol. The van der Waals surface area contributed by atoms with Crippen LogP contribution >= 0.6 is 12.4 Å². The molecule has 1 aromatic carbocycles. The molecular formula is C15H21ClN4O2. The fourth-order valence-corrected chi connectivity index (χ4v) is 2.12. The van der Waals surface area contributed by atoms with Gasteiger partial charge in [0.2, 0.25) is 5.91 Å². The van der Waals surface area contributed by atoms with Crippen LogP contribution in [0.2, 0.25) is 0 Å². The van der Waals surface area contributed by atoms with Gasteiger partial charge < -0.3 is 15.8 Å². The van der Waals surface area contributed by atoms with Gasteiger partial charge in [-0.05, 0) is 26.0 Å². The zero-order valence-electron chi connectivity index (χ0n) is 12.9. The number of carbonyl (C=O) groups is 1. The van der Waals surface area contributed by atoms with Crippen molar-refractivity contribution in [3.63, 3.8) is 0 Å². The van der Waals surface area contributed by atoms with Crippen LogP contribution in [0.1, 0.15) is 11.4 Å². The van der Waals surface area contributed by atoms with Crippen molar-refractivity contribution in [1.29, 1.82) is 0 Å². The summed E-state index contributed by atoms with van der Waals surface area (Å²) >= 11 is 0. The van der Waals surface area contributed by atoms with Crippen molar-refractivity contribution in [2.45, 2.75) is 19.9 Å². The van der Waals surface area contributed by atoms with Crippen molar-refractivity contribution in [2.24, 2.45) is 5.73 Å². The van der Waals surface area contributed by atoms with Crippen LogP contribution in [0.5, 0.6) is 0 Å². The maximum atomic E-state index is 12.0. The first-order valence-electron chi connectivity index (χ1n) is 6.71. The highest BCUT2D eigenvalue weighted by Gasteiger charge is 2.18. The van der Waals surface area contributed by atoms with Crippen LogP contribution in [0.25, 0.3) is 5.69 Å². The molecule has 1 unspecified atom stereocenters. The van der Waals surface area contributed by atoms with Gasteiger partial charge in [0, 0.05) is 7.11 Å². The third-order valence-electron chi connectivity index (χ3n) is 3.22. The Balaban J connectivity index is 0.00000242. The second kappa shape index (κ2) is 7.93. The van der Waals surface area contributed by atoms with Crippen LogP contribution in [0.15, 0.2) is 30.3 Å². The van der Waals surface area contributed by atoms with E-state index >= 15 is 0 Å². The fraction of sp³-hybridized carbons (Fsp3) is 0.333. The maximum absolute atomic E-state index is 12.0. The quantitative estimate of drug-likeness (QED) is 0.879. The van der Waals surface area contributed by atoms with Gasteiger partial charge in [0.25, 0.3) is 0 Å². The normalized spacial score (nSPS) is 11.6. The minimum atomic E-state index is -0.700. The molecule has 6 nitrogen and oxygen atoms in total. The van der Waals surface area contributed by atoms with Crippen LogP contribution in [-0.2, 0) is 9.53 Å². The Morgan fingerprint density at radius 3 is 2.59 bits per heavy atom. The highest BCUT2D eigenvalue weighted by molar-refractivity contribution is 5.95. The first-order valence-corrected chi connectivity index (χ1v) is 6.71. The van der Waals surface area contributed by atoms with Crippen LogP contribution in [0.3, 0.4) is 0 Å². The Hall–Kier alpha value is -1.89. The highest BCUT2D eigenvalue weighted by Crippen LogP contribution is 2.22. The topological polar surface area (TPSA) is 82.2 Å². The Labute approximate surface area is 136 Å². The number of anilines is 1. The van der Waals surface area contributed by atoms with E-state index in [1.165, 1.54) is 7.11 Å². The van der Waals surface area contributed by atoms with E-state index in [0.29, 0.717) is 5.69 Å². The molecule has 0 fully saturated rings. The summed E-state index contributed by atoms with van der Waals surface area (Å²) in [5, 5.41) is 7.29. The molecule has 1 heterocycles. The van der Waals surface area contributed by atoms with E-state index < -0.39 is 6.04 Å². The number of amides is 1. The third kappa shape index (κ3) is 3.85. The van der Waals surface area contributed by atoms with E-state index in [2.05, 4.69) is 10.4 Å². The van der Waals surface area contributed by atoms with Crippen molar-refractivity contribution in [2.75, 3.05) is 19.0 Å². The summed E-state index contributed by atoms with van der Waals surface area (Å²) in [6.07, 6.45) is 0. The van der Waals surface area contributed by atoms with Gasteiger partial charge in [0.05, 0.1) is 29.4 Å². The summed E-state index contributed by atoms with van der Waals surface area (Å²) in [6.45, 7) is 3.94. The number of halogens is 1. The van der Waals surface area contributed by atoms with Crippen molar-refractivity contribution in [3.05, 3.63) is 41.7 Å². The third-order valence-corrected chi connectivity index (χ3v) is 3.22. The van der Waals surface area contributed by atoms with Gasteiger partial charge in [-0.25, -0.2) is 4.68 Å². The Bertz CT molecular complexity index is 628. The molecule has 1 amide bonds. The molecular weight excluding hydrogens is 304 g/mol. The molecule has 0 aliphatic heterocycles. The molecule has 1 aromatic heterocycles. The first-order chi connectivity index (χ1) is 10.0. The lowest BCUT2D eigenvalue weighted by Gasteiger charge is -2.11. The highest BCUT2D eigenvalue weighted by atomic mass is 35.5. The average Bonchev–Trinajstić information content (AvgIpc) is 2.76. The van der Waals surface area contributed by atoms with Gasteiger partial charge in [-0.15, -0.1) is 12.4 Å². The van der Waals surface area contributed by atoms with Gasteiger partial charge in [0.1, 0.15) is 6.04 Å². The van der Waals surface area contributed by atoms with Crippen molar-refractivity contribution in [3.8, 4) is 5.69 Å². The van der Waals surface area contributed by atoms with Gasteiger partial charge in [-0.3, -0.25) is 4.79 Å². The molecule has 0 aliphatic rings. The van der Waals surface area contributed by atoms with Crippen molar-refractivity contribution >= 4 is 24.0 Å². The predicted octanol–water partition coefficient (Wildman–Crippen LogP) is 1.82. The number of carbonyl (C=O) groups excluding carboxylic acids is 1. The summed E-state index contributed by atoms with van der Waals surface area (Å²) in [5.74, 6) is -0.282. The fourth-order valence-electron chi connectivity index (χ4n) is 2.12. The molecule has 2 aromatic rings. The molecule has 0 spiro atoms. The van der Waals surface area contributed by atoms with Gasteiger partial charge >= 0.3 is 0 Å². The monoisotopic (exact) mass is 324 g/mol. The maximum Gasteiger partial charge on any atom is 0.243 e. The Morgan fingerprint density at radius 1 is 1.36 bits per heavy atom. The van der Waals surface area contributed by atoms with Gasteiger partial charge in [-0.1, -0.05) is 18.2 Å². The minimum absolute atomic E-state index is 0. The number of aromatic nitrogens is 2. The summed E-state index contributed by atoms with van der Waals surface area (Å²) in [7, 11) is 1.51. The lowest BCUT2D eigenvalue weighted by Crippen LogP contribution is -2.39. The van der Waals surface area contributed by atoms with E-state index in [1.54, 1.807) is 4.68 Å². The molecule has 0 aliphatic carbocycles. The number of hydrogen-bond donors (Lipinski definition) is 2. The van der Waals surface area contributed by atoms with Crippen molar-refractivity contribution in [1.82, 2.24) is 9.78 Å². The van der Waals surface area contributed by atoms with E-state index in [4.69, 9.17) is 10.5 Å². The van der Waals surface area contributed by atoms with Crippen LogP contribution in [-0.4, -0.2) is 35.4 Å². The van der Waals surface area contributed by atoms with Gasteiger partial charge in [-0.2, -0.15) is 5.10 Å². The largest absolute Gasteiger partial charge is 0.383 e. The molecule has 2 rings (SSSR count). The Morgan fingerprint density at radius 2 is 2.00 bits per heavy atom. The number of methoxy groups -OCH3 is 1. The molecule has 0 bridgehead atoms. The second-order valence-corrected chi connectivity index (χ2v) is 4.84. The minimum Gasteiger partial charge on any atom is -0.383 e. The number of aryl methyl sites for hydroxylation is 1. The molecule has 0 radical (unpaired) electrons. The average molecular weight is 325 g/mol. The molecule has 3 N–H and O–H groups in total. The molecule has 120 valence electrons.